The molecule has 1 fully saturated rings. The number of methoxy groups -OCH3 is 1. The van der Waals surface area contributed by atoms with E-state index >= 15 is 0 Å². The second kappa shape index (κ2) is 5.09. The number of aromatic nitrogens is 3. The average molecular weight is 325 g/mol. The molecule has 0 aromatic carbocycles. The van der Waals surface area contributed by atoms with E-state index in [1.807, 2.05) is 16.7 Å². The highest BCUT2D eigenvalue weighted by Crippen LogP contribution is 2.34. The quantitative estimate of drug-likeness (QED) is 0.921. The van der Waals surface area contributed by atoms with Gasteiger partial charge in [-0.25, -0.2) is 0 Å². The summed E-state index contributed by atoms with van der Waals surface area (Å²) in [6.45, 7) is 0. The third-order valence-electron chi connectivity index (χ3n) is 3.81. The van der Waals surface area contributed by atoms with Crippen molar-refractivity contribution in [3.05, 3.63) is 22.6 Å². The molecule has 2 N–H and O–H groups in total. The van der Waals surface area contributed by atoms with Gasteiger partial charge in [0.05, 0.1) is 7.11 Å². The fourth-order valence-electron chi connectivity index (χ4n) is 2.82. The first-order valence-corrected chi connectivity index (χ1v) is 7.32. The Kier molecular flexibility index (Phi) is 3.45. The van der Waals surface area contributed by atoms with Crippen molar-refractivity contribution < 1.29 is 4.74 Å². The molecular weight excluding hydrogens is 308 g/mol. The van der Waals surface area contributed by atoms with E-state index in [9.17, 15) is 0 Å². The Labute approximate surface area is 120 Å². The molecule has 2 heterocycles. The van der Waals surface area contributed by atoms with E-state index in [1.165, 1.54) is 0 Å². The Hall–Kier alpha value is -1.14. The van der Waals surface area contributed by atoms with Gasteiger partial charge in [0.1, 0.15) is 16.0 Å². The van der Waals surface area contributed by atoms with Gasteiger partial charge in [0.15, 0.2) is 5.65 Å². The zero-order valence-corrected chi connectivity index (χ0v) is 12.4. The Morgan fingerprint density at radius 3 is 3.00 bits per heavy atom. The molecule has 6 heteroatoms. The molecule has 5 nitrogen and oxygen atoms in total. The van der Waals surface area contributed by atoms with Gasteiger partial charge >= 0.3 is 0 Å². The first-order chi connectivity index (χ1) is 9.20. The molecule has 0 amide bonds. The molecule has 0 aliphatic heterocycles. The summed E-state index contributed by atoms with van der Waals surface area (Å²) in [5.74, 6) is 2.18. The van der Waals surface area contributed by atoms with Gasteiger partial charge in [-0.05, 0) is 41.3 Å². The molecule has 0 bridgehead atoms. The summed E-state index contributed by atoms with van der Waals surface area (Å²) in [6.07, 6.45) is 6.37. The van der Waals surface area contributed by atoms with Crippen molar-refractivity contribution in [2.75, 3.05) is 7.11 Å². The van der Waals surface area contributed by atoms with E-state index in [2.05, 4.69) is 26.1 Å². The number of ether oxygens (including phenoxy) is 1. The van der Waals surface area contributed by atoms with E-state index in [0.29, 0.717) is 5.92 Å². The molecule has 1 aliphatic rings. The molecular formula is C13H17BrN4O. The lowest BCUT2D eigenvalue weighted by atomic mass is 9.85. The van der Waals surface area contributed by atoms with Crippen LogP contribution in [-0.2, 0) is 0 Å². The molecule has 19 heavy (non-hydrogen) atoms. The number of rotatable bonds is 2. The molecule has 0 radical (unpaired) electrons. The lowest BCUT2D eigenvalue weighted by Gasteiger charge is -2.25. The average Bonchev–Trinajstić information content (AvgIpc) is 2.84. The van der Waals surface area contributed by atoms with Crippen LogP contribution in [0.5, 0.6) is 5.75 Å². The molecule has 102 valence electrons. The lowest BCUT2D eigenvalue weighted by molar-refractivity contribution is 0.380. The van der Waals surface area contributed by atoms with Crippen LogP contribution in [0.1, 0.15) is 37.4 Å². The van der Waals surface area contributed by atoms with Crippen molar-refractivity contribution in [3.8, 4) is 5.75 Å². The third kappa shape index (κ3) is 2.23. The van der Waals surface area contributed by atoms with E-state index in [4.69, 9.17) is 10.5 Å². The molecule has 2 atom stereocenters. The first-order valence-electron chi connectivity index (χ1n) is 6.53. The first kappa shape index (κ1) is 12.9. The van der Waals surface area contributed by atoms with Gasteiger partial charge in [-0.15, -0.1) is 10.2 Å². The summed E-state index contributed by atoms with van der Waals surface area (Å²) in [5.41, 5.74) is 6.86. The standard InChI is InChI=1S/C13H17BrN4O/c1-19-10-5-6-18-12(16-17-13(18)11(10)14)8-3-2-4-9(15)7-8/h5-6,8-9H,2-4,7,15H2,1H3/t8-,9+/m0/s1. The van der Waals surface area contributed by atoms with Crippen molar-refractivity contribution in [1.29, 1.82) is 0 Å². The van der Waals surface area contributed by atoms with Crippen LogP contribution in [0.2, 0.25) is 0 Å². The minimum absolute atomic E-state index is 0.285. The summed E-state index contributed by atoms with van der Waals surface area (Å²) < 4.78 is 8.16. The highest BCUT2D eigenvalue weighted by Gasteiger charge is 2.25. The molecule has 1 aliphatic carbocycles. The van der Waals surface area contributed by atoms with Crippen molar-refractivity contribution in [3.63, 3.8) is 0 Å². The van der Waals surface area contributed by atoms with Crippen LogP contribution in [0.3, 0.4) is 0 Å². The Bertz CT molecular complexity index is 598. The fourth-order valence-corrected chi connectivity index (χ4v) is 3.39. The van der Waals surface area contributed by atoms with E-state index in [-0.39, 0.29) is 6.04 Å². The fraction of sp³-hybridized carbons (Fsp3) is 0.538. The lowest BCUT2D eigenvalue weighted by Crippen LogP contribution is -2.27. The number of nitrogens with two attached hydrogens (primary N) is 1. The van der Waals surface area contributed by atoms with Crippen molar-refractivity contribution in [2.24, 2.45) is 5.73 Å². The maximum Gasteiger partial charge on any atom is 0.178 e. The van der Waals surface area contributed by atoms with Crippen LogP contribution >= 0.6 is 15.9 Å². The summed E-state index contributed by atoms with van der Waals surface area (Å²) in [5, 5.41) is 8.63. The summed E-state index contributed by atoms with van der Waals surface area (Å²) >= 11 is 3.52. The van der Waals surface area contributed by atoms with E-state index in [0.717, 1.165) is 47.4 Å². The maximum atomic E-state index is 6.06. The number of hydrogen-bond donors (Lipinski definition) is 1. The zero-order valence-electron chi connectivity index (χ0n) is 10.8. The smallest absolute Gasteiger partial charge is 0.178 e. The van der Waals surface area contributed by atoms with Gasteiger partial charge in [-0.2, -0.15) is 0 Å². The predicted octanol–water partition coefficient (Wildman–Crippen LogP) is 2.49. The van der Waals surface area contributed by atoms with Gasteiger partial charge in [0.2, 0.25) is 0 Å². The van der Waals surface area contributed by atoms with Crippen LogP contribution < -0.4 is 10.5 Å². The topological polar surface area (TPSA) is 65.4 Å². The predicted molar refractivity (Wildman–Crippen MR) is 76.4 cm³/mol. The van der Waals surface area contributed by atoms with Crippen LogP contribution in [0.25, 0.3) is 5.65 Å². The Balaban J connectivity index is 2.03. The Morgan fingerprint density at radius 1 is 1.42 bits per heavy atom. The maximum absolute atomic E-state index is 6.06. The second-order valence-corrected chi connectivity index (χ2v) is 5.87. The van der Waals surface area contributed by atoms with E-state index < -0.39 is 0 Å². The van der Waals surface area contributed by atoms with Crippen LogP contribution in [0.4, 0.5) is 0 Å². The van der Waals surface area contributed by atoms with Gasteiger partial charge in [0, 0.05) is 18.2 Å². The van der Waals surface area contributed by atoms with Gasteiger partial charge in [-0.3, -0.25) is 4.40 Å². The molecule has 0 unspecified atom stereocenters. The minimum Gasteiger partial charge on any atom is -0.495 e. The molecule has 0 saturated heterocycles. The Morgan fingerprint density at radius 2 is 2.26 bits per heavy atom. The summed E-state index contributed by atoms with van der Waals surface area (Å²) in [7, 11) is 1.65. The van der Waals surface area contributed by atoms with Crippen molar-refractivity contribution >= 4 is 21.6 Å². The number of pyridine rings is 1. The molecule has 1 saturated carbocycles. The SMILES string of the molecule is COc1ccn2c([C@H]3CCC[C@@H](N)C3)nnc2c1Br. The number of halogens is 1. The summed E-state index contributed by atoms with van der Waals surface area (Å²) in [6, 6.07) is 2.21. The minimum atomic E-state index is 0.285. The number of hydrogen-bond acceptors (Lipinski definition) is 4. The normalized spacial score (nSPS) is 23.7. The van der Waals surface area contributed by atoms with Crippen LogP contribution in [-0.4, -0.2) is 27.7 Å². The van der Waals surface area contributed by atoms with Gasteiger partial charge in [0.25, 0.3) is 0 Å². The van der Waals surface area contributed by atoms with Crippen molar-refractivity contribution in [2.45, 2.75) is 37.6 Å². The third-order valence-corrected chi connectivity index (χ3v) is 4.56. The highest BCUT2D eigenvalue weighted by atomic mass is 79.9. The summed E-state index contributed by atoms with van der Waals surface area (Å²) in [4.78, 5) is 0. The second-order valence-electron chi connectivity index (χ2n) is 5.07. The van der Waals surface area contributed by atoms with Gasteiger partial charge in [-0.1, -0.05) is 6.42 Å². The molecule has 2 aromatic rings. The van der Waals surface area contributed by atoms with E-state index in [1.54, 1.807) is 7.11 Å². The molecule has 0 spiro atoms. The number of fused-ring (bicyclic) bond motifs is 1. The van der Waals surface area contributed by atoms with Crippen LogP contribution in [0.15, 0.2) is 16.7 Å². The molecule has 2 aromatic heterocycles. The number of nitrogens with zero attached hydrogens (tertiary/aromatic N) is 3. The largest absolute Gasteiger partial charge is 0.495 e. The van der Waals surface area contributed by atoms with Crippen LogP contribution in [0, 0.1) is 0 Å². The van der Waals surface area contributed by atoms with Gasteiger partial charge < -0.3 is 10.5 Å². The zero-order chi connectivity index (χ0) is 13.4. The highest BCUT2D eigenvalue weighted by molar-refractivity contribution is 9.10. The van der Waals surface area contributed by atoms with Crippen molar-refractivity contribution in [1.82, 2.24) is 14.6 Å². The molecule has 3 rings (SSSR count). The monoisotopic (exact) mass is 324 g/mol.